The Labute approximate surface area is 126 Å². The van der Waals surface area contributed by atoms with E-state index in [0.717, 1.165) is 17.9 Å². The zero-order valence-corrected chi connectivity index (χ0v) is 13.2. The lowest BCUT2D eigenvalue weighted by atomic mass is 10.2. The van der Waals surface area contributed by atoms with E-state index in [2.05, 4.69) is 48.3 Å². The van der Waals surface area contributed by atoms with Gasteiger partial charge in [0.1, 0.15) is 0 Å². The molecule has 2 aromatic heterocycles. The lowest BCUT2D eigenvalue weighted by Crippen LogP contribution is -2.05. The summed E-state index contributed by atoms with van der Waals surface area (Å²) < 4.78 is 4.15. The Morgan fingerprint density at radius 3 is 2.71 bits per heavy atom. The van der Waals surface area contributed by atoms with Gasteiger partial charge in [0.05, 0.1) is 23.6 Å². The first-order valence-corrected chi connectivity index (χ1v) is 7.96. The SMILES string of the molecule is Cc1nn(C2CCCC2)cc1CNc1cnn(C(C)C)c1. The van der Waals surface area contributed by atoms with E-state index in [1.165, 1.54) is 31.2 Å². The number of aromatic nitrogens is 4. The zero-order valence-electron chi connectivity index (χ0n) is 13.2. The van der Waals surface area contributed by atoms with E-state index in [9.17, 15) is 0 Å². The van der Waals surface area contributed by atoms with Gasteiger partial charge in [-0.05, 0) is 33.6 Å². The van der Waals surface area contributed by atoms with E-state index < -0.39 is 0 Å². The van der Waals surface area contributed by atoms with Gasteiger partial charge in [-0.2, -0.15) is 10.2 Å². The molecule has 5 nitrogen and oxygen atoms in total. The molecule has 1 aliphatic carbocycles. The molecular formula is C16H25N5. The molecule has 21 heavy (non-hydrogen) atoms. The number of aryl methyl sites for hydroxylation is 1. The van der Waals surface area contributed by atoms with Crippen LogP contribution < -0.4 is 5.32 Å². The number of rotatable bonds is 5. The molecule has 0 aliphatic heterocycles. The van der Waals surface area contributed by atoms with Crippen LogP contribution in [0.15, 0.2) is 18.6 Å². The van der Waals surface area contributed by atoms with Crippen molar-refractivity contribution in [2.75, 3.05) is 5.32 Å². The Balaban J connectivity index is 1.64. The van der Waals surface area contributed by atoms with Crippen molar-refractivity contribution in [1.29, 1.82) is 0 Å². The summed E-state index contributed by atoms with van der Waals surface area (Å²) in [5.41, 5.74) is 3.47. The average molecular weight is 287 g/mol. The average Bonchev–Trinajstić information content (AvgIpc) is 3.17. The topological polar surface area (TPSA) is 47.7 Å². The van der Waals surface area contributed by atoms with Gasteiger partial charge in [-0.15, -0.1) is 0 Å². The maximum atomic E-state index is 4.69. The van der Waals surface area contributed by atoms with Crippen LogP contribution in [0.5, 0.6) is 0 Å². The lowest BCUT2D eigenvalue weighted by molar-refractivity contribution is 0.464. The number of hydrogen-bond acceptors (Lipinski definition) is 3. The van der Waals surface area contributed by atoms with Crippen LogP contribution in [0.25, 0.3) is 0 Å². The highest BCUT2D eigenvalue weighted by Gasteiger charge is 2.18. The van der Waals surface area contributed by atoms with Crippen LogP contribution in [-0.4, -0.2) is 19.6 Å². The van der Waals surface area contributed by atoms with Crippen molar-refractivity contribution in [3.8, 4) is 0 Å². The fraction of sp³-hybridized carbons (Fsp3) is 0.625. The van der Waals surface area contributed by atoms with Crippen LogP contribution in [0.3, 0.4) is 0 Å². The Kier molecular flexibility index (Phi) is 3.99. The van der Waals surface area contributed by atoms with E-state index in [4.69, 9.17) is 5.10 Å². The predicted octanol–water partition coefficient (Wildman–Crippen LogP) is 3.70. The first-order chi connectivity index (χ1) is 10.1. The van der Waals surface area contributed by atoms with Crippen molar-refractivity contribution in [3.05, 3.63) is 29.8 Å². The maximum absolute atomic E-state index is 4.69. The number of nitrogens with one attached hydrogen (secondary N) is 1. The van der Waals surface area contributed by atoms with E-state index in [-0.39, 0.29) is 0 Å². The van der Waals surface area contributed by atoms with Crippen molar-refractivity contribution in [2.24, 2.45) is 0 Å². The largest absolute Gasteiger partial charge is 0.378 e. The number of anilines is 1. The summed E-state index contributed by atoms with van der Waals surface area (Å²) in [6.07, 6.45) is 11.4. The molecule has 0 unspecified atom stereocenters. The molecule has 1 fully saturated rings. The van der Waals surface area contributed by atoms with Crippen LogP contribution in [0.1, 0.15) is 62.9 Å². The Hall–Kier alpha value is -1.78. The van der Waals surface area contributed by atoms with E-state index in [0.29, 0.717) is 12.1 Å². The molecule has 1 N–H and O–H groups in total. The maximum Gasteiger partial charge on any atom is 0.0729 e. The van der Waals surface area contributed by atoms with Crippen LogP contribution >= 0.6 is 0 Å². The molecule has 0 aromatic carbocycles. The quantitative estimate of drug-likeness (QED) is 0.912. The molecule has 0 spiro atoms. The third-order valence-electron chi connectivity index (χ3n) is 4.33. The Bertz CT molecular complexity index is 590. The molecule has 0 saturated heterocycles. The third-order valence-corrected chi connectivity index (χ3v) is 4.33. The van der Waals surface area contributed by atoms with Gasteiger partial charge in [-0.3, -0.25) is 9.36 Å². The van der Waals surface area contributed by atoms with E-state index >= 15 is 0 Å². The molecule has 114 valence electrons. The van der Waals surface area contributed by atoms with Gasteiger partial charge in [-0.1, -0.05) is 12.8 Å². The lowest BCUT2D eigenvalue weighted by Gasteiger charge is -2.08. The van der Waals surface area contributed by atoms with Gasteiger partial charge < -0.3 is 5.32 Å². The molecule has 0 amide bonds. The summed E-state index contributed by atoms with van der Waals surface area (Å²) in [4.78, 5) is 0. The molecule has 5 heteroatoms. The highest BCUT2D eigenvalue weighted by molar-refractivity contribution is 5.39. The summed E-state index contributed by atoms with van der Waals surface area (Å²) in [6, 6.07) is 1.01. The highest BCUT2D eigenvalue weighted by atomic mass is 15.3. The van der Waals surface area contributed by atoms with Crippen molar-refractivity contribution >= 4 is 5.69 Å². The fourth-order valence-electron chi connectivity index (χ4n) is 2.96. The second-order valence-corrected chi connectivity index (χ2v) is 6.31. The summed E-state index contributed by atoms with van der Waals surface area (Å²) in [7, 11) is 0. The molecule has 1 aliphatic rings. The van der Waals surface area contributed by atoms with Crippen molar-refractivity contribution in [1.82, 2.24) is 19.6 Å². The predicted molar refractivity (Wildman–Crippen MR) is 84.4 cm³/mol. The highest BCUT2D eigenvalue weighted by Crippen LogP contribution is 2.29. The molecule has 0 atom stereocenters. The minimum absolute atomic E-state index is 0.396. The molecular weight excluding hydrogens is 262 g/mol. The van der Waals surface area contributed by atoms with Crippen LogP contribution in [0, 0.1) is 6.92 Å². The monoisotopic (exact) mass is 287 g/mol. The molecule has 2 heterocycles. The van der Waals surface area contributed by atoms with Crippen LogP contribution in [0.2, 0.25) is 0 Å². The minimum Gasteiger partial charge on any atom is -0.378 e. The minimum atomic E-state index is 0.396. The standard InChI is InChI=1S/C16H25N5/c1-12(2)20-11-15(9-18-20)17-8-14-10-21(19-13(14)3)16-6-4-5-7-16/h9-12,16-17H,4-8H2,1-3H3. The number of nitrogens with zero attached hydrogens (tertiary/aromatic N) is 4. The second kappa shape index (κ2) is 5.92. The van der Waals surface area contributed by atoms with Gasteiger partial charge in [0.25, 0.3) is 0 Å². The normalized spacial score (nSPS) is 16.0. The van der Waals surface area contributed by atoms with Gasteiger partial charge in [-0.25, -0.2) is 0 Å². The van der Waals surface area contributed by atoms with Gasteiger partial charge in [0.15, 0.2) is 0 Å². The molecule has 1 saturated carbocycles. The van der Waals surface area contributed by atoms with Crippen LogP contribution in [0.4, 0.5) is 5.69 Å². The summed E-state index contributed by atoms with van der Waals surface area (Å²) in [5.74, 6) is 0. The smallest absolute Gasteiger partial charge is 0.0729 e. The molecule has 0 radical (unpaired) electrons. The first-order valence-electron chi connectivity index (χ1n) is 7.96. The van der Waals surface area contributed by atoms with Crippen LogP contribution in [-0.2, 0) is 6.54 Å². The Morgan fingerprint density at radius 1 is 1.29 bits per heavy atom. The van der Waals surface area contributed by atoms with Gasteiger partial charge >= 0.3 is 0 Å². The van der Waals surface area contributed by atoms with E-state index in [1.807, 2.05) is 10.9 Å². The van der Waals surface area contributed by atoms with Crippen molar-refractivity contribution in [3.63, 3.8) is 0 Å². The Morgan fingerprint density at radius 2 is 2.05 bits per heavy atom. The molecule has 3 rings (SSSR count). The first kappa shape index (κ1) is 14.2. The summed E-state index contributed by atoms with van der Waals surface area (Å²) in [6.45, 7) is 7.17. The zero-order chi connectivity index (χ0) is 14.8. The summed E-state index contributed by atoms with van der Waals surface area (Å²) in [5, 5.41) is 12.5. The van der Waals surface area contributed by atoms with Gasteiger partial charge in [0.2, 0.25) is 0 Å². The van der Waals surface area contributed by atoms with E-state index in [1.54, 1.807) is 0 Å². The second-order valence-electron chi connectivity index (χ2n) is 6.31. The van der Waals surface area contributed by atoms with Gasteiger partial charge in [0, 0.05) is 30.5 Å². The van der Waals surface area contributed by atoms with Crippen molar-refractivity contribution in [2.45, 2.75) is 65.1 Å². The number of hydrogen-bond donors (Lipinski definition) is 1. The summed E-state index contributed by atoms with van der Waals surface area (Å²) >= 11 is 0. The molecule has 0 bridgehead atoms. The van der Waals surface area contributed by atoms with Crippen molar-refractivity contribution < 1.29 is 0 Å². The third kappa shape index (κ3) is 3.12. The fourth-order valence-corrected chi connectivity index (χ4v) is 2.96. The molecule has 2 aromatic rings.